The molecule has 1 aliphatic rings. The third kappa shape index (κ3) is 5.69. The molecule has 0 saturated heterocycles. The van der Waals surface area contributed by atoms with E-state index in [1.165, 1.54) is 5.56 Å². The number of ether oxygens (including phenoxy) is 2. The summed E-state index contributed by atoms with van der Waals surface area (Å²) in [5.41, 5.74) is 5.69. The van der Waals surface area contributed by atoms with Gasteiger partial charge in [-0.05, 0) is 52.9 Å². The molecule has 2 amide bonds. The third-order valence-corrected chi connectivity index (χ3v) is 5.22. The van der Waals surface area contributed by atoms with E-state index >= 15 is 0 Å². The molecule has 3 aromatic carbocycles. The fraction of sp³-hybridized carbons (Fsp3) is 0.148. The van der Waals surface area contributed by atoms with E-state index < -0.39 is 11.8 Å². The first-order chi connectivity index (χ1) is 16.5. The SMILES string of the molecule is CC(C)c1ccc(C=NNC(=O)C(=Cc2ccc3c(c2)OCO3)NC(=O)c2ccccc2)cc1. The first-order valence-corrected chi connectivity index (χ1v) is 10.9. The van der Waals surface area contributed by atoms with Gasteiger partial charge in [0.1, 0.15) is 5.70 Å². The molecule has 3 aromatic rings. The zero-order valence-electron chi connectivity index (χ0n) is 18.9. The summed E-state index contributed by atoms with van der Waals surface area (Å²) in [6, 6.07) is 21.9. The Balaban J connectivity index is 1.52. The zero-order valence-corrected chi connectivity index (χ0v) is 18.9. The molecule has 172 valence electrons. The first-order valence-electron chi connectivity index (χ1n) is 10.9. The second-order valence-electron chi connectivity index (χ2n) is 8.01. The molecule has 7 nitrogen and oxygen atoms in total. The minimum absolute atomic E-state index is 0.0417. The molecule has 2 N–H and O–H groups in total. The molecule has 0 fully saturated rings. The van der Waals surface area contributed by atoms with Crippen LogP contribution in [0.4, 0.5) is 0 Å². The van der Waals surface area contributed by atoms with Crippen LogP contribution < -0.4 is 20.2 Å². The van der Waals surface area contributed by atoms with Crippen molar-refractivity contribution < 1.29 is 19.1 Å². The minimum atomic E-state index is -0.558. The number of carbonyl (C=O) groups is 2. The smallest absolute Gasteiger partial charge is 0.287 e. The summed E-state index contributed by atoms with van der Waals surface area (Å²) in [4.78, 5) is 25.6. The second-order valence-corrected chi connectivity index (χ2v) is 8.01. The van der Waals surface area contributed by atoms with Crippen molar-refractivity contribution in [2.45, 2.75) is 19.8 Å². The predicted molar refractivity (Wildman–Crippen MR) is 131 cm³/mol. The Hall–Kier alpha value is -4.39. The van der Waals surface area contributed by atoms with Gasteiger partial charge in [-0.25, -0.2) is 5.43 Å². The molecule has 0 aromatic heterocycles. The van der Waals surface area contributed by atoms with E-state index in [2.05, 4.69) is 29.7 Å². The van der Waals surface area contributed by atoms with Crippen LogP contribution in [0, 0.1) is 0 Å². The number of nitrogens with one attached hydrogen (secondary N) is 2. The lowest BCUT2D eigenvalue weighted by atomic mass is 10.0. The van der Waals surface area contributed by atoms with Crippen molar-refractivity contribution in [1.82, 2.24) is 10.7 Å². The van der Waals surface area contributed by atoms with Crippen molar-refractivity contribution in [3.63, 3.8) is 0 Å². The van der Waals surface area contributed by atoms with Gasteiger partial charge in [0.05, 0.1) is 6.21 Å². The van der Waals surface area contributed by atoms with E-state index in [1.54, 1.807) is 54.8 Å². The normalized spacial score (nSPS) is 12.7. The third-order valence-electron chi connectivity index (χ3n) is 5.22. The molecule has 0 spiro atoms. The number of amides is 2. The fourth-order valence-electron chi connectivity index (χ4n) is 3.30. The average molecular weight is 456 g/mol. The van der Waals surface area contributed by atoms with Gasteiger partial charge in [-0.1, -0.05) is 62.4 Å². The number of carbonyl (C=O) groups excluding carboxylic acids is 2. The molecular weight excluding hydrogens is 430 g/mol. The number of hydrogen-bond donors (Lipinski definition) is 2. The monoisotopic (exact) mass is 455 g/mol. The van der Waals surface area contributed by atoms with Crippen LogP contribution in [0.25, 0.3) is 6.08 Å². The minimum Gasteiger partial charge on any atom is -0.454 e. The highest BCUT2D eigenvalue weighted by Crippen LogP contribution is 2.33. The van der Waals surface area contributed by atoms with Gasteiger partial charge in [0.15, 0.2) is 11.5 Å². The van der Waals surface area contributed by atoms with Gasteiger partial charge in [-0.15, -0.1) is 0 Å². The maximum Gasteiger partial charge on any atom is 0.287 e. The van der Waals surface area contributed by atoms with E-state index in [-0.39, 0.29) is 12.5 Å². The number of benzene rings is 3. The van der Waals surface area contributed by atoms with E-state index in [0.717, 1.165) is 5.56 Å². The highest BCUT2D eigenvalue weighted by atomic mass is 16.7. The van der Waals surface area contributed by atoms with Crippen LogP contribution in [-0.2, 0) is 4.79 Å². The Kier molecular flexibility index (Phi) is 7.03. The largest absolute Gasteiger partial charge is 0.454 e. The molecule has 7 heteroatoms. The highest BCUT2D eigenvalue weighted by molar-refractivity contribution is 6.05. The van der Waals surface area contributed by atoms with Crippen molar-refractivity contribution in [3.05, 3.63) is 101 Å². The Morgan fingerprint density at radius 2 is 1.62 bits per heavy atom. The van der Waals surface area contributed by atoms with Crippen molar-refractivity contribution in [3.8, 4) is 11.5 Å². The first kappa shape index (κ1) is 22.8. The van der Waals surface area contributed by atoms with Crippen molar-refractivity contribution in [2.24, 2.45) is 5.10 Å². The fourth-order valence-corrected chi connectivity index (χ4v) is 3.30. The number of rotatable bonds is 7. The molecule has 0 saturated carbocycles. The number of hydrazone groups is 1. The van der Waals surface area contributed by atoms with Crippen LogP contribution in [0.15, 0.2) is 83.6 Å². The van der Waals surface area contributed by atoms with Crippen LogP contribution in [0.3, 0.4) is 0 Å². The Labute approximate surface area is 198 Å². The van der Waals surface area contributed by atoms with Crippen molar-refractivity contribution >= 4 is 24.1 Å². The molecule has 0 radical (unpaired) electrons. The van der Waals surface area contributed by atoms with Crippen LogP contribution in [0.2, 0.25) is 0 Å². The van der Waals surface area contributed by atoms with Crippen molar-refractivity contribution in [1.29, 1.82) is 0 Å². The van der Waals surface area contributed by atoms with Gasteiger partial charge in [-0.3, -0.25) is 9.59 Å². The summed E-state index contributed by atoms with van der Waals surface area (Å²) < 4.78 is 10.7. The number of hydrogen-bond acceptors (Lipinski definition) is 5. The number of nitrogens with zero attached hydrogens (tertiary/aromatic N) is 1. The van der Waals surface area contributed by atoms with Crippen LogP contribution in [-0.4, -0.2) is 24.8 Å². The molecule has 4 rings (SSSR count). The van der Waals surface area contributed by atoms with E-state index in [1.807, 2.05) is 30.3 Å². The maximum absolute atomic E-state index is 12.9. The molecular formula is C27H25N3O4. The topological polar surface area (TPSA) is 89.0 Å². The van der Waals surface area contributed by atoms with Gasteiger partial charge < -0.3 is 14.8 Å². The molecule has 0 unspecified atom stereocenters. The van der Waals surface area contributed by atoms with E-state index in [9.17, 15) is 9.59 Å². The quantitative estimate of drug-likeness (QED) is 0.313. The summed E-state index contributed by atoms with van der Waals surface area (Å²) in [6.45, 7) is 4.40. The maximum atomic E-state index is 12.9. The Morgan fingerprint density at radius 1 is 0.912 bits per heavy atom. The van der Waals surface area contributed by atoms with Crippen LogP contribution in [0.1, 0.15) is 46.8 Å². The summed E-state index contributed by atoms with van der Waals surface area (Å²) in [6.07, 6.45) is 3.12. The summed E-state index contributed by atoms with van der Waals surface area (Å²) in [5, 5.41) is 6.74. The molecule has 0 bridgehead atoms. The second kappa shape index (κ2) is 10.5. The van der Waals surface area contributed by atoms with Gasteiger partial charge in [0.25, 0.3) is 11.8 Å². The Morgan fingerprint density at radius 3 is 2.35 bits per heavy atom. The van der Waals surface area contributed by atoms with E-state index in [0.29, 0.717) is 28.5 Å². The Bertz CT molecular complexity index is 1230. The van der Waals surface area contributed by atoms with Gasteiger partial charge in [0, 0.05) is 5.56 Å². The zero-order chi connectivity index (χ0) is 23.9. The molecule has 34 heavy (non-hydrogen) atoms. The lowest BCUT2D eigenvalue weighted by Gasteiger charge is -2.09. The van der Waals surface area contributed by atoms with Crippen LogP contribution >= 0.6 is 0 Å². The molecule has 1 aliphatic heterocycles. The standard InChI is InChI=1S/C27H25N3O4/c1-18(2)21-11-8-19(9-12-21)16-28-30-27(32)23(29-26(31)22-6-4-3-5-7-22)14-20-10-13-24-25(15-20)34-17-33-24/h3-16,18H,17H2,1-2H3,(H,29,31)(H,30,32). The van der Waals surface area contributed by atoms with Gasteiger partial charge in [-0.2, -0.15) is 5.10 Å². The van der Waals surface area contributed by atoms with Crippen molar-refractivity contribution in [2.75, 3.05) is 6.79 Å². The highest BCUT2D eigenvalue weighted by Gasteiger charge is 2.16. The average Bonchev–Trinajstić information content (AvgIpc) is 3.32. The predicted octanol–water partition coefficient (Wildman–Crippen LogP) is 4.46. The summed E-state index contributed by atoms with van der Waals surface area (Å²) in [7, 11) is 0. The van der Waals surface area contributed by atoms with Gasteiger partial charge in [0.2, 0.25) is 6.79 Å². The van der Waals surface area contributed by atoms with Gasteiger partial charge >= 0.3 is 0 Å². The number of fused-ring (bicyclic) bond motifs is 1. The lowest BCUT2D eigenvalue weighted by Crippen LogP contribution is -2.32. The van der Waals surface area contributed by atoms with E-state index in [4.69, 9.17) is 9.47 Å². The molecule has 0 atom stereocenters. The summed E-state index contributed by atoms with van der Waals surface area (Å²) >= 11 is 0. The molecule has 0 aliphatic carbocycles. The van der Waals surface area contributed by atoms with Crippen LogP contribution in [0.5, 0.6) is 11.5 Å². The molecule has 1 heterocycles. The summed E-state index contributed by atoms with van der Waals surface area (Å²) in [5.74, 6) is 0.672. The lowest BCUT2D eigenvalue weighted by molar-refractivity contribution is -0.117.